The normalized spacial score (nSPS) is 31.6. The molecule has 5 fully saturated rings. The van der Waals surface area contributed by atoms with Gasteiger partial charge in [-0.15, -0.1) is 0 Å². The zero-order chi connectivity index (χ0) is 35.0. The number of fused-ring (bicyclic) bond motifs is 2. The molecule has 3 saturated carbocycles. The van der Waals surface area contributed by atoms with Gasteiger partial charge in [0, 0.05) is 41.2 Å². The van der Waals surface area contributed by atoms with Crippen molar-refractivity contribution in [2.24, 2.45) is 29.1 Å². The largest absolute Gasteiger partial charge is 0.496 e. The molecule has 2 heterocycles. The number of hydrogen-bond donors (Lipinski definition) is 4. The van der Waals surface area contributed by atoms with E-state index < -0.39 is 24.2 Å². The van der Waals surface area contributed by atoms with Crippen molar-refractivity contribution in [3.05, 3.63) is 53.6 Å². The molecule has 0 spiro atoms. The number of ether oxygens (including phenoxy) is 1. The molecule has 2 bridgehead atoms. The second kappa shape index (κ2) is 14.7. The summed E-state index contributed by atoms with van der Waals surface area (Å²) in [7, 11) is 1.61. The minimum absolute atomic E-state index is 0.0556. The summed E-state index contributed by atoms with van der Waals surface area (Å²) in [5.74, 6) is 1.20. The summed E-state index contributed by atoms with van der Waals surface area (Å²) in [5, 5.41) is 29.2. The van der Waals surface area contributed by atoms with E-state index in [-0.39, 0.29) is 31.0 Å². The van der Waals surface area contributed by atoms with Gasteiger partial charge in [-0.1, -0.05) is 58.0 Å². The molecule has 9 atom stereocenters. The maximum absolute atomic E-state index is 14.1. The molecule has 2 aliphatic heterocycles. The van der Waals surface area contributed by atoms with E-state index in [9.17, 15) is 19.8 Å². The molecule has 49 heavy (non-hydrogen) atoms. The Morgan fingerprint density at radius 2 is 1.94 bits per heavy atom. The number of aliphatic hydroxyl groups is 2. The van der Waals surface area contributed by atoms with Gasteiger partial charge in [-0.05, 0) is 86.6 Å². The van der Waals surface area contributed by atoms with Gasteiger partial charge in [-0.2, -0.15) is 5.06 Å². The van der Waals surface area contributed by atoms with Crippen LogP contribution in [0.5, 0.6) is 5.75 Å². The second-order valence-electron chi connectivity index (χ2n) is 15.4. The van der Waals surface area contributed by atoms with Crippen LogP contribution in [-0.4, -0.2) is 95.7 Å². The van der Waals surface area contributed by atoms with Crippen LogP contribution in [0, 0.1) is 29.1 Å². The van der Waals surface area contributed by atoms with Crippen LogP contribution in [0.1, 0.15) is 76.2 Å². The number of rotatable bonds is 12. The Balaban J connectivity index is 1.21. The van der Waals surface area contributed by atoms with Crippen molar-refractivity contribution in [1.29, 1.82) is 0 Å². The summed E-state index contributed by atoms with van der Waals surface area (Å²) >= 11 is 0. The highest BCUT2D eigenvalue weighted by Gasteiger charge is 2.57. The van der Waals surface area contributed by atoms with Crippen molar-refractivity contribution in [2.75, 3.05) is 33.4 Å². The Morgan fingerprint density at radius 3 is 2.61 bits per heavy atom. The maximum atomic E-state index is 14.1. The van der Waals surface area contributed by atoms with E-state index in [2.05, 4.69) is 43.2 Å². The molecule has 2 aromatic carbocycles. The lowest BCUT2D eigenvalue weighted by Gasteiger charge is -2.62. The van der Waals surface area contributed by atoms with Gasteiger partial charge >= 0.3 is 0 Å². The number of nitrogens with one attached hydrogen (secondary N) is 2. The maximum Gasteiger partial charge on any atom is 0.251 e. The Hall–Kier alpha value is -3.02. The first-order valence-corrected chi connectivity index (χ1v) is 18.3. The topological polar surface area (TPSA) is 124 Å². The predicted octanol–water partition coefficient (Wildman–Crippen LogP) is 4.24. The first-order chi connectivity index (χ1) is 23.5. The summed E-state index contributed by atoms with van der Waals surface area (Å²) in [4.78, 5) is 36.0. The lowest BCUT2D eigenvalue weighted by atomic mass is 9.45. The molecule has 1 unspecified atom stereocenters. The molecule has 7 rings (SSSR count). The first kappa shape index (κ1) is 35.8. The molecule has 10 nitrogen and oxygen atoms in total. The highest BCUT2D eigenvalue weighted by atomic mass is 16.7. The smallest absolute Gasteiger partial charge is 0.251 e. The summed E-state index contributed by atoms with van der Waals surface area (Å²) in [6.07, 6.45) is 2.80. The third kappa shape index (κ3) is 6.87. The van der Waals surface area contributed by atoms with Crippen LogP contribution in [0.3, 0.4) is 0 Å². The lowest BCUT2D eigenvalue weighted by Crippen LogP contribution is -2.62. The third-order valence-electron chi connectivity index (χ3n) is 12.5. The highest BCUT2D eigenvalue weighted by Crippen LogP contribution is 2.61. The Kier molecular flexibility index (Phi) is 10.7. The van der Waals surface area contributed by atoms with Gasteiger partial charge in [0.1, 0.15) is 17.9 Å². The molecule has 10 heteroatoms. The average Bonchev–Trinajstić information content (AvgIpc) is 3.71. The van der Waals surface area contributed by atoms with Crippen molar-refractivity contribution >= 4 is 11.8 Å². The zero-order valence-electron chi connectivity index (χ0n) is 30.0. The second-order valence-corrected chi connectivity index (χ2v) is 15.4. The fourth-order valence-corrected chi connectivity index (χ4v) is 9.51. The van der Waals surface area contributed by atoms with Gasteiger partial charge in [0.2, 0.25) is 5.91 Å². The standard InChI is InChI=1S/C39H56N4O6/c1-7-42-16-10-14-29(42)20-40-37(46)26-12-8-11-25(17-26)30-15-9-13-27(36(30)48-6)21-43-35(34(24(3)45)33(22-44)49-43)38(47)41-32-19-28-18-31(23(32)2)39(28,4)5/h8-9,11-13,15,17,23-24,28-29,31-35,44-45H,7,10,14,16,18-22H2,1-6H3,(H,40,46)(H,41,47)/t23-,24-,28+,29-,31-,32-,33-,34+,35?/m0/s1. The Labute approximate surface area is 291 Å². The van der Waals surface area contributed by atoms with Gasteiger partial charge in [0.05, 0.1) is 26.4 Å². The van der Waals surface area contributed by atoms with Gasteiger partial charge in [-0.3, -0.25) is 19.3 Å². The van der Waals surface area contributed by atoms with Crippen molar-refractivity contribution in [2.45, 2.75) is 97.2 Å². The molecule has 2 aromatic rings. The Bertz CT molecular complexity index is 1500. The lowest BCUT2D eigenvalue weighted by molar-refractivity contribution is -0.183. The average molecular weight is 677 g/mol. The van der Waals surface area contributed by atoms with Crippen molar-refractivity contribution in [3.8, 4) is 16.9 Å². The molecular formula is C39H56N4O6. The number of carbonyl (C=O) groups excluding carboxylic acids is 2. The third-order valence-corrected chi connectivity index (χ3v) is 12.5. The molecule has 0 aromatic heterocycles. The van der Waals surface area contributed by atoms with E-state index in [1.807, 2.05) is 42.5 Å². The van der Waals surface area contributed by atoms with Crippen LogP contribution in [0.25, 0.3) is 11.1 Å². The molecule has 5 aliphatic rings. The van der Waals surface area contributed by atoms with Crippen LogP contribution in [0.2, 0.25) is 0 Å². The number of nitrogens with zero attached hydrogens (tertiary/aromatic N) is 2. The number of para-hydroxylation sites is 1. The van der Waals surface area contributed by atoms with Crippen LogP contribution in [0.4, 0.5) is 0 Å². The molecule has 2 saturated heterocycles. The van der Waals surface area contributed by atoms with E-state index in [4.69, 9.17) is 9.57 Å². The van der Waals surface area contributed by atoms with E-state index in [1.165, 1.54) is 6.42 Å². The number of aliphatic hydroxyl groups excluding tert-OH is 2. The quantitative estimate of drug-likeness (QED) is 0.264. The van der Waals surface area contributed by atoms with Gasteiger partial charge < -0.3 is 25.6 Å². The fraction of sp³-hybridized carbons (Fsp3) is 0.641. The number of carbonyl (C=O) groups is 2. The molecule has 4 N–H and O–H groups in total. The molecular weight excluding hydrogens is 620 g/mol. The predicted molar refractivity (Wildman–Crippen MR) is 189 cm³/mol. The number of benzene rings is 2. The van der Waals surface area contributed by atoms with E-state index in [0.29, 0.717) is 47.1 Å². The van der Waals surface area contributed by atoms with Crippen LogP contribution in [0.15, 0.2) is 42.5 Å². The zero-order valence-corrected chi connectivity index (χ0v) is 30.0. The first-order valence-electron chi connectivity index (χ1n) is 18.3. The van der Waals surface area contributed by atoms with E-state index in [1.54, 1.807) is 19.1 Å². The van der Waals surface area contributed by atoms with Gasteiger partial charge in [0.15, 0.2) is 0 Å². The number of methoxy groups -OCH3 is 1. The summed E-state index contributed by atoms with van der Waals surface area (Å²) in [6, 6.07) is 13.0. The van der Waals surface area contributed by atoms with Crippen LogP contribution in [-0.2, 0) is 16.2 Å². The van der Waals surface area contributed by atoms with Gasteiger partial charge in [0.25, 0.3) is 5.91 Å². The Morgan fingerprint density at radius 1 is 1.16 bits per heavy atom. The van der Waals surface area contributed by atoms with Crippen molar-refractivity contribution < 1.29 is 29.4 Å². The van der Waals surface area contributed by atoms with E-state index >= 15 is 0 Å². The van der Waals surface area contributed by atoms with Crippen LogP contribution >= 0.6 is 0 Å². The molecule has 0 radical (unpaired) electrons. The van der Waals surface area contributed by atoms with Gasteiger partial charge in [-0.25, -0.2) is 0 Å². The summed E-state index contributed by atoms with van der Waals surface area (Å²) < 4.78 is 5.99. The fourth-order valence-electron chi connectivity index (χ4n) is 9.51. The number of likely N-dealkylation sites (tertiary alicyclic amines) is 1. The molecule has 2 amide bonds. The van der Waals surface area contributed by atoms with Crippen molar-refractivity contribution in [1.82, 2.24) is 20.6 Å². The highest BCUT2D eigenvalue weighted by molar-refractivity contribution is 5.95. The minimum Gasteiger partial charge on any atom is -0.496 e. The SMILES string of the molecule is CCN1CCC[C@H]1CNC(=O)c1cccc(-c2cccc(CN3O[C@@H](CO)[C@@H]([C@H](C)O)C3C(=O)N[C@H]3C[C@H]4C[C@@H]([C@@H]3C)C4(C)C)c2OC)c1. The number of hydrogen-bond acceptors (Lipinski definition) is 8. The summed E-state index contributed by atoms with van der Waals surface area (Å²) in [5.41, 5.74) is 3.30. The number of likely N-dealkylation sites (N-methyl/N-ethyl adjacent to an activating group) is 1. The summed E-state index contributed by atoms with van der Waals surface area (Å²) in [6.45, 7) is 13.3. The van der Waals surface area contributed by atoms with Crippen molar-refractivity contribution in [3.63, 3.8) is 0 Å². The van der Waals surface area contributed by atoms with Crippen LogP contribution < -0.4 is 15.4 Å². The molecule has 3 aliphatic carbocycles. The minimum atomic E-state index is -0.880. The number of amides is 2. The molecule has 268 valence electrons. The van der Waals surface area contributed by atoms with E-state index in [0.717, 1.165) is 49.0 Å². The monoisotopic (exact) mass is 676 g/mol. The number of hydroxylamine groups is 2.